The summed E-state index contributed by atoms with van der Waals surface area (Å²) in [5.41, 5.74) is 1.25. The van der Waals surface area contributed by atoms with E-state index in [2.05, 4.69) is 31.1 Å². The third kappa shape index (κ3) is 3.86. The molecule has 1 unspecified atom stereocenters. The van der Waals surface area contributed by atoms with Crippen molar-refractivity contribution < 1.29 is 4.42 Å². The predicted octanol–water partition coefficient (Wildman–Crippen LogP) is 2.49. The molecule has 1 fully saturated rings. The molecule has 96 valence electrons. The Morgan fingerprint density at radius 2 is 2.24 bits per heavy atom. The van der Waals surface area contributed by atoms with E-state index in [4.69, 9.17) is 4.42 Å². The van der Waals surface area contributed by atoms with Crippen LogP contribution in [-0.4, -0.2) is 30.6 Å². The highest BCUT2D eigenvalue weighted by atomic mass is 16.3. The Balaban J connectivity index is 1.84. The van der Waals surface area contributed by atoms with Gasteiger partial charge in [0.05, 0.1) is 12.5 Å². The molecule has 1 saturated carbocycles. The van der Waals surface area contributed by atoms with Crippen molar-refractivity contribution in [1.29, 1.82) is 0 Å². The van der Waals surface area contributed by atoms with Crippen molar-refractivity contribution in [3.8, 4) is 0 Å². The zero-order chi connectivity index (χ0) is 12.3. The molecule has 1 aliphatic rings. The highest BCUT2D eigenvalue weighted by Gasteiger charge is 2.24. The van der Waals surface area contributed by atoms with Crippen molar-refractivity contribution in [2.24, 2.45) is 5.92 Å². The molecule has 2 rings (SSSR count). The monoisotopic (exact) mass is 236 g/mol. The van der Waals surface area contributed by atoms with E-state index in [-0.39, 0.29) is 0 Å². The predicted molar refractivity (Wildman–Crippen MR) is 69.8 cm³/mol. The Hall–Kier alpha value is -0.800. The van der Waals surface area contributed by atoms with E-state index in [1.165, 1.54) is 18.4 Å². The molecule has 1 aromatic heterocycles. The molecule has 0 spiro atoms. The first-order valence-corrected chi connectivity index (χ1v) is 6.61. The van der Waals surface area contributed by atoms with Crippen molar-refractivity contribution in [2.45, 2.75) is 45.3 Å². The summed E-state index contributed by atoms with van der Waals surface area (Å²) in [6, 6.07) is 3.42. The topological polar surface area (TPSA) is 28.4 Å². The zero-order valence-electron chi connectivity index (χ0n) is 11.1. The average molecular weight is 236 g/mol. The maximum Gasteiger partial charge on any atom is 0.0947 e. The Morgan fingerprint density at radius 1 is 1.47 bits per heavy atom. The lowest BCUT2D eigenvalue weighted by atomic mass is 10.0. The van der Waals surface area contributed by atoms with E-state index in [1.54, 1.807) is 6.26 Å². The minimum absolute atomic E-state index is 0.588. The van der Waals surface area contributed by atoms with Crippen LogP contribution in [-0.2, 0) is 6.54 Å². The summed E-state index contributed by atoms with van der Waals surface area (Å²) in [7, 11) is 2.20. The fourth-order valence-electron chi connectivity index (χ4n) is 2.26. The van der Waals surface area contributed by atoms with E-state index < -0.39 is 0 Å². The third-order valence-electron chi connectivity index (χ3n) is 3.54. The van der Waals surface area contributed by atoms with E-state index in [0.717, 1.165) is 19.1 Å². The Bertz CT molecular complexity index is 317. The Morgan fingerprint density at radius 3 is 2.76 bits per heavy atom. The highest BCUT2D eigenvalue weighted by Crippen LogP contribution is 2.20. The van der Waals surface area contributed by atoms with Gasteiger partial charge in [0, 0.05) is 30.7 Å². The summed E-state index contributed by atoms with van der Waals surface area (Å²) in [4.78, 5) is 2.42. The summed E-state index contributed by atoms with van der Waals surface area (Å²) in [6.07, 6.45) is 6.30. The molecule has 0 aliphatic heterocycles. The van der Waals surface area contributed by atoms with Gasteiger partial charge in [-0.2, -0.15) is 0 Å². The molecular formula is C14H24N2O. The summed E-state index contributed by atoms with van der Waals surface area (Å²) < 4.78 is 5.12. The van der Waals surface area contributed by atoms with E-state index in [1.807, 2.05) is 12.3 Å². The number of nitrogens with one attached hydrogen (secondary N) is 1. The molecule has 0 amide bonds. The average Bonchev–Trinajstić information content (AvgIpc) is 2.95. The van der Waals surface area contributed by atoms with Crippen LogP contribution in [0.2, 0.25) is 0 Å². The largest absolute Gasteiger partial charge is 0.472 e. The first kappa shape index (κ1) is 12.7. The molecule has 1 N–H and O–H groups in total. The van der Waals surface area contributed by atoms with Gasteiger partial charge in [0.2, 0.25) is 0 Å². The third-order valence-corrected chi connectivity index (χ3v) is 3.54. The maximum absolute atomic E-state index is 5.12. The number of rotatable bonds is 7. The Kier molecular flexibility index (Phi) is 4.24. The van der Waals surface area contributed by atoms with Crippen molar-refractivity contribution in [1.82, 2.24) is 10.2 Å². The van der Waals surface area contributed by atoms with Gasteiger partial charge < -0.3 is 9.73 Å². The lowest BCUT2D eigenvalue weighted by Gasteiger charge is -2.31. The fourth-order valence-corrected chi connectivity index (χ4v) is 2.26. The van der Waals surface area contributed by atoms with Crippen LogP contribution in [0.5, 0.6) is 0 Å². The summed E-state index contributed by atoms with van der Waals surface area (Å²) in [6.45, 7) is 6.65. The summed E-state index contributed by atoms with van der Waals surface area (Å²) in [5.74, 6) is 0.665. The fraction of sp³-hybridized carbons (Fsp3) is 0.714. The van der Waals surface area contributed by atoms with E-state index in [0.29, 0.717) is 12.0 Å². The second kappa shape index (κ2) is 5.69. The van der Waals surface area contributed by atoms with Crippen molar-refractivity contribution >= 4 is 0 Å². The van der Waals surface area contributed by atoms with Crippen LogP contribution in [0.15, 0.2) is 23.0 Å². The van der Waals surface area contributed by atoms with Gasteiger partial charge in [-0.05, 0) is 31.9 Å². The normalized spacial score (nSPS) is 17.9. The lowest BCUT2D eigenvalue weighted by molar-refractivity contribution is 0.179. The molecule has 1 aromatic rings. The minimum Gasteiger partial charge on any atom is -0.472 e. The molecule has 3 nitrogen and oxygen atoms in total. The SMILES string of the molecule is CC(C)C(CNC1CC1)N(C)Cc1ccoc1. The molecule has 0 bridgehead atoms. The second-order valence-corrected chi connectivity index (χ2v) is 5.54. The maximum atomic E-state index is 5.12. The van der Waals surface area contributed by atoms with Gasteiger partial charge in [-0.15, -0.1) is 0 Å². The van der Waals surface area contributed by atoms with Crippen LogP contribution in [0.4, 0.5) is 0 Å². The minimum atomic E-state index is 0.588. The van der Waals surface area contributed by atoms with E-state index >= 15 is 0 Å². The lowest BCUT2D eigenvalue weighted by Crippen LogP contribution is -2.43. The van der Waals surface area contributed by atoms with Crippen molar-refractivity contribution in [2.75, 3.05) is 13.6 Å². The zero-order valence-corrected chi connectivity index (χ0v) is 11.1. The summed E-state index contributed by atoms with van der Waals surface area (Å²) in [5, 5.41) is 3.63. The van der Waals surface area contributed by atoms with Gasteiger partial charge in [-0.25, -0.2) is 0 Å². The summed E-state index contributed by atoms with van der Waals surface area (Å²) >= 11 is 0. The highest BCUT2D eigenvalue weighted by molar-refractivity contribution is 5.05. The van der Waals surface area contributed by atoms with Gasteiger partial charge in [0.1, 0.15) is 0 Å². The van der Waals surface area contributed by atoms with Crippen LogP contribution in [0.1, 0.15) is 32.3 Å². The van der Waals surface area contributed by atoms with Gasteiger partial charge in [-0.3, -0.25) is 4.90 Å². The number of furan rings is 1. The van der Waals surface area contributed by atoms with Crippen LogP contribution in [0, 0.1) is 5.92 Å². The smallest absolute Gasteiger partial charge is 0.0947 e. The number of nitrogens with zero attached hydrogens (tertiary/aromatic N) is 1. The van der Waals surface area contributed by atoms with Crippen LogP contribution in [0.3, 0.4) is 0 Å². The second-order valence-electron chi connectivity index (χ2n) is 5.54. The van der Waals surface area contributed by atoms with Gasteiger partial charge in [-0.1, -0.05) is 13.8 Å². The van der Waals surface area contributed by atoms with E-state index in [9.17, 15) is 0 Å². The first-order valence-electron chi connectivity index (χ1n) is 6.61. The van der Waals surface area contributed by atoms with Gasteiger partial charge in [0.25, 0.3) is 0 Å². The van der Waals surface area contributed by atoms with Gasteiger partial charge in [0.15, 0.2) is 0 Å². The van der Waals surface area contributed by atoms with Crippen LogP contribution >= 0.6 is 0 Å². The quantitative estimate of drug-likeness (QED) is 0.788. The molecule has 1 aliphatic carbocycles. The molecule has 3 heteroatoms. The molecule has 0 saturated heterocycles. The standard InChI is InChI=1S/C14H24N2O/c1-11(2)14(8-15-13-4-5-13)16(3)9-12-6-7-17-10-12/h6-7,10-11,13-15H,4-5,8-9H2,1-3H3. The molecular weight excluding hydrogens is 212 g/mol. The first-order chi connectivity index (χ1) is 8.16. The molecule has 0 aromatic carbocycles. The van der Waals surface area contributed by atoms with Gasteiger partial charge >= 0.3 is 0 Å². The molecule has 1 heterocycles. The molecule has 0 radical (unpaired) electrons. The molecule has 1 atom stereocenters. The van der Waals surface area contributed by atoms with Crippen molar-refractivity contribution in [3.05, 3.63) is 24.2 Å². The number of hydrogen-bond donors (Lipinski definition) is 1. The number of hydrogen-bond acceptors (Lipinski definition) is 3. The van der Waals surface area contributed by atoms with Crippen LogP contribution < -0.4 is 5.32 Å². The molecule has 17 heavy (non-hydrogen) atoms. The van der Waals surface area contributed by atoms with Crippen molar-refractivity contribution in [3.63, 3.8) is 0 Å². The van der Waals surface area contributed by atoms with Crippen LogP contribution in [0.25, 0.3) is 0 Å². The Labute approximate surface area is 104 Å². The number of likely N-dealkylation sites (N-methyl/N-ethyl adjacent to an activating group) is 1.